The van der Waals surface area contributed by atoms with Crippen molar-refractivity contribution in [3.8, 4) is 0 Å². The number of aliphatic hydroxyl groups is 1. The van der Waals surface area contributed by atoms with Crippen LogP contribution in [0.25, 0.3) is 0 Å². The van der Waals surface area contributed by atoms with Crippen molar-refractivity contribution in [2.24, 2.45) is 7.05 Å². The predicted molar refractivity (Wildman–Crippen MR) is 90.1 cm³/mol. The molecule has 3 aromatic rings. The molecule has 9 nitrogen and oxygen atoms in total. The zero-order valence-electron chi connectivity index (χ0n) is 14.7. The molecule has 0 aromatic carbocycles. The fraction of sp³-hybridized carbons (Fsp3) is 0.412. The van der Waals surface area contributed by atoms with Crippen LogP contribution in [0.5, 0.6) is 0 Å². The molecule has 4 heterocycles. The van der Waals surface area contributed by atoms with Gasteiger partial charge in [0.15, 0.2) is 6.10 Å². The Morgan fingerprint density at radius 2 is 2.27 bits per heavy atom. The highest BCUT2D eigenvalue weighted by molar-refractivity contribution is 5.94. The lowest BCUT2D eigenvalue weighted by Gasteiger charge is -2.27. The molecule has 3 aromatic heterocycles. The Morgan fingerprint density at radius 3 is 3.00 bits per heavy atom. The summed E-state index contributed by atoms with van der Waals surface area (Å²) in [5, 5.41) is 18.8. The van der Waals surface area contributed by atoms with E-state index in [9.17, 15) is 9.90 Å². The number of amides is 1. The Balaban J connectivity index is 1.55. The van der Waals surface area contributed by atoms with Gasteiger partial charge in [0.1, 0.15) is 17.1 Å². The summed E-state index contributed by atoms with van der Waals surface area (Å²) in [4.78, 5) is 18.7. The Labute approximate surface area is 149 Å². The van der Waals surface area contributed by atoms with Gasteiger partial charge in [0.05, 0.1) is 30.7 Å². The normalized spacial score (nSPS) is 15.1. The molecule has 0 bridgehead atoms. The van der Waals surface area contributed by atoms with Crippen LogP contribution in [0.2, 0.25) is 0 Å². The van der Waals surface area contributed by atoms with Crippen molar-refractivity contribution in [1.29, 1.82) is 0 Å². The number of imidazole rings is 1. The van der Waals surface area contributed by atoms with E-state index in [4.69, 9.17) is 4.52 Å². The third-order valence-electron chi connectivity index (χ3n) is 4.68. The lowest BCUT2D eigenvalue weighted by Crippen LogP contribution is -2.38. The Morgan fingerprint density at radius 1 is 1.42 bits per heavy atom. The van der Waals surface area contributed by atoms with Crippen LogP contribution in [0, 0.1) is 0 Å². The molecule has 136 valence electrons. The van der Waals surface area contributed by atoms with Gasteiger partial charge in [-0.25, -0.2) is 4.98 Å². The molecule has 1 aliphatic rings. The summed E-state index contributed by atoms with van der Waals surface area (Å²) in [6.07, 6.45) is 4.61. The molecule has 1 atom stereocenters. The van der Waals surface area contributed by atoms with Gasteiger partial charge in [-0.1, -0.05) is 12.1 Å². The molecule has 0 saturated heterocycles. The van der Waals surface area contributed by atoms with E-state index in [0.29, 0.717) is 48.9 Å². The third-order valence-corrected chi connectivity index (χ3v) is 4.68. The first-order valence-electron chi connectivity index (χ1n) is 8.53. The zero-order valence-corrected chi connectivity index (χ0v) is 14.7. The van der Waals surface area contributed by atoms with E-state index in [-0.39, 0.29) is 5.91 Å². The maximum atomic E-state index is 12.8. The molecule has 0 radical (unpaired) electrons. The second kappa shape index (κ2) is 6.41. The van der Waals surface area contributed by atoms with Crippen LogP contribution in [0.1, 0.15) is 46.4 Å². The number of nitrogens with zero attached hydrogens (tertiary/aromatic N) is 6. The smallest absolute Gasteiger partial charge is 0.259 e. The Kier molecular flexibility index (Phi) is 4.08. The summed E-state index contributed by atoms with van der Waals surface area (Å²) in [7, 11) is 1.83. The van der Waals surface area contributed by atoms with E-state index >= 15 is 0 Å². The van der Waals surface area contributed by atoms with Gasteiger partial charge in [0.2, 0.25) is 0 Å². The average Bonchev–Trinajstić information content (AvgIpc) is 3.38. The maximum absolute atomic E-state index is 12.8. The zero-order chi connectivity index (χ0) is 18.3. The van der Waals surface area contributed by atoms with E-state index in [1.54, 1.807) is 21.9 Å². The van der Waals surface area contributed by atoms with E-state index < -0.39 is 6.10 Å². The highest BCUT2D eigenvalue weighted by atomic mass is 16.5. The van der Waals surface area contributed by atoms with E-state index in [0.717, 1.165) is 5.69 Å². The van der Waals surface area contributed by atoms with Crippen LogP contribution in [0.4, 0.5) is 0 Å². The van der Waals surface area contributed by atoms with Crippen LogP contribution >= 0.6 is 0 Å². The number of carbonyl (C=O) groups excluding carboxylic acids is 1. The van der Waals surface area contributed by atoms with E-state index in [2.05, 4.69) is 15.2 Å². The summed E-state index contributed by atoms with van der Waals surface area (Å²) in [6.45, 7) is 3.46. The van der Waals surface area contributed by atoms with Crippen molar-refractivity contribution >= 4 is 5.91 Å². The molecule has 0 spiro atoms. The highest BCUT2D eigenvalue weighted by Crippen LogP contribution is 2.23. The van der Waals surface area contributed by atoms with Gasteiger partial charge in [-0.3, -0.25) is 9.48 Å². The fourth-order valence-corrected chi connectivity index (χ4v) is 3.23. The summed E-state index contributed by atoms with van der Waals surface area (Å²) < 4.78 is 8.72. The van der Waals surface area contributed by atoms with Gasteiger partial charge >= 0.3 is 0 Å². The predicted octanol–water partition coefficient (Wildman–Crippen LogP) is 0.905. The van der Waals surface area contributed by atoms with Gasteiger partial charge in [-0.15, -0.1) is 0 Å². The lowest BCUT2D eigenvalue weighted by atomic mass is 10.1. The summed E-state index contributed by atoms with van der Waals surface area (Å²) in [5.41, 5.74) is 1.92. The van der Waals surface area contributed by atoms with Crippen molar-refractivity contribution in [3.05, 3.63) is 53.2 Å². The molecule has 4 rings (SSSR count). The van der Waals surface area contributed by atoms with Crippen LogP contribution in [-0.2, 0) is 26.6 Å². The number of aliphatic hydroxyl groups excluding tert-OH is 1. The number of aromatic nitrogens is 5. The van der Waals surface area contributed by atoms with Crippen molar-refractivity contribution in [3.63, 3.8) is 0 Å². The van der Waals surface area contributed by atoms with Crippen molar-refractivity contribution in [2.45, 2.75) is 32.5 Å². The molecule has 1 N–H and O–H groups in total. The average molecular weight is 356 g/mol. The van der Waals surface area contributed by atoms with Gasteiger partial charge < -0.3 is 19.1 Å². The summed E-state index contributed by atoms with van der Waals surface area (Å²) in [5.74, 6) is 1.03. The van der Waals surface area contributed by atoms with Crippen LogP contribution in [0.3, 0.4) is 0 Å². The number of fused-ring (bicyclic) bond motifs is 1. The first kappa shape index (κ1) is 16.5. The molecule has 9 heteroatoms. The largest absolute Gasteiger partial charge is 0.379 e. The quantitative estimate of drug-likeness (QED) is 0.745. The molecule has 0 fully saturated rings. The van der Waals surface area contributed by atoms with Crippen molar-refractivity contribution < 1.29 is 14.4 Å². The molecule has 26 heavy (non-hydrogen) atoms. The van der Waals surface area contributed by atoms with Crippen molar-refractivity contribution in [2.75, 3.05) is 6.54 Å². The minimum Gasteiger partial charge on any atom is -0.379 e. The van der Waals surface area contributed by atoms with Crippen LogP contribution in [0.15, 0.2) is 29.2 Å². The van der Waals surface area contributed by atoms with Gasteiger partial charge in [0, 0.05) is 32.4 Å². The number of hydrogen-bond acceptors (Lipinski definition) is 6. The van der Waals surface area contributed by atoms with Crippen LogP contribution in [-0.4, -0.2) is 46.9 Å². The monoisotopic (exact) mass is 356 g/mol. The number of carbonyl (C=O) groups is 1. The second-order valence-electron chi connectivity index (χ2n) is 6.33. The van der Waals surface area contributed by atoms with Crippen molar-refractivity contribution in [1.82, 2.24) is 29.4 Å². The molecule has 0 aliphatic carbocycles. The standard InChI is InChI=1S/C17H20N6O3/c1-3-14-12(9-19-26-14)17(25)22-6-7-23-11(10-22)8-13(20-23)15(24)16-18-4-5-21(16)2/h4-5,8-9,15,24H,3,6-7,10H2,1-2H3/t15-/m0/s1. The Hall–Kier alpha value is -2.94. The highest BCUT2D eigenvalue weighted by Gasteiger charge is 2.28. The topological polar surface area (TPSA) is 102 Å². The summed E-state index contributed by atoms with van der Waals surface area (Å²) >= 11 is 0. The lowest BCUT2D eigenvalue weighted by molar-refractivity contribution is 0.0703. The molecule has 1 aliphatic heterocycles. The number of rotatable bonds is 4. The molecule has 0 unspecified atom stereocenters. The van der Waals surface area contributed by atoms with E-state index in [1.165, 1.54) is 6.20 Å². The second-order valence-corrected chi connectivity index (χ2v) is 6.33. The molecular weight excluding hydrogens is 336 g/mol. The third kappa shape index (κ3) is 2.70. The van der Waals surface area contributed by atoms with Gasteiger partial charge in [0.25, 0.3) is 5.91 Å². The SMILES string of the molecule is CCc1oncc1C(=O)N1CCn2nc([C@H](O)c3nccn3C)cc2C1. The van der Waals surface area contributed by atoms with Crippen LogP contribution < -0.4 is 0 Å². The Bertz CT molecular complexity index is 940. The first-order chi connectivity index (χ1) is 12.6. The van der Waals surface area contributed by atoms with Gasteiger partial charge in [-0.2, -0.15) is 5.10 Å². The van der Waals surface area contributed by atoms with E-state index in [1.807, 2.05) is 24.7 Å². The molecule has 1 amide bonds. The fourth-order valence-electron chi connectivity index (χ4n) is 3.23. The molecular formula is C17H20N6O3. The minimum atomic E-state index is -0.901. The minimum absolute atomic E-state index is 0.0956. The molecule has 0 saturated carbocycles. The maximum Gasteiger partial charge on any atom is 0.259 e. The van der Waals surface area contributed by atoms with Gasteiger partial charge in [-0.05, 0) is 6.07 Å². The number of aryl methyl sites for hydroxylation is 2. The number of hydrogen-bond donors (Lipinski definition) is 1. The summed E-state index contributed by atoms with van der Waals surface area (Å²) in [6, 6.07) is 1.83. The first-order valence-corrected chi connectivity index (χ1v) is 8.53.